The predicted molar refractivity (Wildman–Crippen MR) is 143 cm³/mol. The molecule has 0 bridgehead atoms. The van der Waals surface area contributed by atoms with Crippen molar-refractivity contribution in [2.45, 2.75) is 24.4 Å². The van der Waals surface area contributed by atoms with Gasteiger partial charge in [-0.25, -0.2) is 9.97 Å². The number of aromatic nitrogens is 2. The number of benzene rings is 3. The first-order valence-electron chi connectivity index (χ1n) is 12.5. The Hall–Kier alpha value is -3.73. The maximum atomic E-state index is 14.3. The van der Waals surface area contributed by atoms with Crippen molar-refractivity contribution in [3.05, 3.63) is 95.7 Å². The van der Waals surface area contributed by atoms with E-state index in [1.807, 2.05) is 90.6 Å². The molecule has 37 heavy (non-hydrogen) atoms. The van der Waals surface area contributed by atoms with Crippen molar-refractivity contribution in [2.24, 2.45) is 5.41 Å². The molecule has 1 aliphatic carbocycles. The number of hydrogen-bond donors (Lipinski definition) is 0. The Morgan fingerprint density at radius 2 is 1.76 bits per heavy atom. The van der Waals surface area contributed by atoms with E-state index < -0.39 is 22.8 Å². The molecular formula is C30H24N4O2S. The molecule has 0 saturated carbocycles. The van der Waals surface area contributed by atoms with Gasteiger partial charge in [0.15, 0.2) is 5.41 Å². The van der Waals surface area contributed by atoms with Gasteiger partial charge in [0.2, 0.25) is 0 Å². The SMILES string of the molecule is CCOC(=O)[C@@]1(C#N)[C@H](c2ccccc2)[C@H]2CSCN2[C@@]12c1ccccc1-c1nc3ccccc3nc12. The number of carbonyl (C=O) groups excluding carboxylic acids is 1. The lowest BCUT2D eigenvalue weighted by Gasteiger charge is -2.43. The number of hydrogen-bond acceptors (Lipinski definition) is 7. The van der Waals surface area contributed by atoms with Crippen molar-refractivity contribution in [1.29, 1.82) is 5.26 Å². The molecule has 2 aliphatic heterocycles. The average Bonchev–Trinajstić information content (AvgIpc) is 3.59. The van der Waals surface area contributed by atoms with E-state index in [1.165, 1.54) is 0 Å². The fourth-order valence-corrected chi connectivity index (χ4v) is 8.23. The Labute approximate surface area is 219 Å². The number of carbonyl (C=O) groups is 1. The van der Waals surface area contributed by atoms with Gasteiger partial charge in [-0.3, -0.25) is 9.69 Å². The molecule has 0 unspecified atom stereocenters. The molecule has 2 fully saturated rings. The Morgan fingerprint density at radius 1 is 1.05 bits per heavy atom. The zero-order valence-corrected chi connectivity index (χ0v) is 21.1. The summed E-state index contributed by atoms with van der Waals surface area (Å²) in [5, 5.41) is 11.3. The van der Waals surface area contributed by atoms with Crippen LogP contribution >= 0.6 is 11.8 Å². The summed E-state index contributed by atoms with van der Waals surface area (Å²) in [5.74, 6) is 0.588. The number of nitrogens with zero attached hydrogens (tertiary/aromatic N) is 4. The van der Waals surface area contributed by atoms with Gasteiger partial charge >= 0.3 is 5.97 Å². The fourth-order valence-electron chi connectivity index (χ4n) is 6.93. The van der Waals surface area contributed by atoms with Gasteiger partial charge in [0, 0.05) is 29.2 Å². The minimum absolute atomic E-state index is 0.0521. The van der Waals surface area contributed by atoms with E-state index in [2.05, 4.69) is 11.0 Å². The summed E-state index contributed by atoms with van der Waals surface area (Å²) in [4.78, 5) is 27.0. The molecule has 1 aromatic heterocycles. The van der Waals surface area contributed by atoms with Crippen molar-refractivity contribution in [3.8, 4) is 17.3 Å². The quantitative estimate of drug-likeness (QED) is 0.359. The Morgan fingerprint density at radius 3 is 2.51 bits per heavy atom. The molecule has 0 N–H and O–H groups in total. The van der Waals surface area contributed by atoms with E-state index in [0.29, 0.717) is 11.6 Å². The van der Waals surface area contributed by atoms with Gasteiger partial charge in [-0.15, -0.1) is 11.8 Å². The second-order valence-electron chi connectivity index (χ2n) is 9.73. The molecule has 2 saturated heterocycles. The van der Waals surface area contributed by atoms with Crippen molar-refractivity contribution >= 4 is 28.8 Å². The summed E-state index contributed by atoms with van der Waals surface area (Å²) in [6, 6.07) is 28.4. The average molecular weight is 505 g/mol. The molecule has 7 heteroatoms. The van der Waals surface area contributed by atoms with Crippen LogP contribution in [-0.2, 0) is 15.1 Å². The topological polar surface area (TPSA) is 79.1 Å². The highest BCUT2D eigenvalue weighted by atomic mass is 32.2. The Bertz CT molecular complexity index is 1600. The van der Waals surface area contributed by atoms with Gasteiger partial charge in [0.1, 0.15) is 5.54 Å². The highest BCUT2D eigenvalue weighted by Gasteiger charge is 2.78. The molecule has 3 heterocycles. The van der Waals surface area contributed by atoms with Gasteiger partial charge in [0.05, 0.1) is 35.1 Å². The zero-order chi connectivity index (χ0) is 25.2. The summed E-state index contributed by atoms with van der Waals surface area (Å²) in [7, 11) is 0. The monoisotopic (exact) mass is 504 g/mol. The largest absolute Gasteiger partial charge is 0.465 e. The fraction of sp³-hybridized carbons (Fsp3) is 0.267. The molecule has 182 valence electrons. The molecule has 4 atom stereocenters. The minimum Gasteiger partial charge on any atom is -0.465 e. The van der Waals surface area contributed by atoms with E-state index in [9.17, 15) is 10.1 Å². The normalized spacial score (nSPS) is 27.6. The van der Waals surface area contributed by atoms with E-state index in [4.69, 9.17) is 14.7 Å². The van der Waals surface area contributed by atoms with Gasteiger partial charge in [-0.05, 0) is 30.2 Å². The molecule has 0 amide bonds. The van der Waals surface area contributed by atoms with Gasteiger partial charge in [-0.2, -0.15) is 5.26 Å². The second-order valence-corrected chi connectivity index (χ2v) is 10.7. The van der Waals surface area contributed by atoms with Crippen molar-refractivity contribution in [1.82, 2.24) is 14.9 Å². The zero-order valence-electron chi connectivity index (χ0n) is 20.3. The van der Waals surface area contributed by atoms with Crippen LogP contribution in [-0.4, -0.2) is 45.1 Å². The van der Waals surface area contributed by atoms with E-state index in [1.54, 1.807) is 6.92 Å². The first-order chi connectivity index (χ1) is 18.2. The van der Waals surface area contributed by atoms with Crippen LogP contribution in [0.4, 0.5) is 0 Å². The number of para-hydroxylation sites is 2. The molecule has 4 aromatic rings. The summed E-state index contributed by atoms with van der Waals surface area (Å²) in [5.41, 5.74) is 3.04. The summed E-state index contributed by atoms with van der Waals surface area (Å²) in [6.07, 6.45) is 0. The van der Waals surface area contributed by atoms with E-state index >= 15 is 0 Å². The van der Waals surface area contributed by atoms with Crippen molar-refractivity contribution < 1.29 is 9.53 Å². The summed E-state index contributed by atoms with van der Waals surface area (Å²) in [6.45, 7) is 1.99. The van der Waals surface area contributed by atoms with Crippen LogP contribution in [0.25, 0.3) is 22.3 Å². The lowest BCUT2D eigenvalue weighted by Crippen LogP contribution is -2.55. The summed E-state index contributed by atoms with van der Waals surface area (Å²) < 4.78 is 5.80. The van der Waals surface area contributed by atoms with Gasteiger partial charge in [0.25, 0.3) is 0 Å². The standard InChI is InChI=1S/C30H24N4O2S/c1-2-36-28(35)29(17-31)25(19-10-4-3-5-11-19)24-16-37-18-34(24)30(29)21-13-7-6-12-20(21)26-27(30)33-23-15-9-8-14-22(23)32-26/h3-15,24-25H,2,16,18H2,1H3/t24-,25-,29-,30-/m1/s1. The Balaban J connectivity index is 1.65. The third-order valence-corrected chi connectivity index (χ3v) is 9.23. The van der Waals surface area contributed by atoms with Crippen LogP contribution < -0.4 is 0 Å². The lowest BCUT2D eigenvalue weighted by molar-refractivity contribution is -0.156. The number of rotatable bonds is 3. The maximum Gasteiger partial charge on any atom is 0.329 e. The highest BCUT2D eigenvalue weighted by molar-refractivity contribution is 7.99. The number of ether oxygens (including phenoxy) is 1. The van der Waals surface area contributed by atoms with Crippen molar-refractivity contribution in [2.75, 3.05) is 18.2 Å². The third kappa shape index (κ3) is 2.67. The van der Waals surface area contributed by atoms with Gasteiger partial charge in [-0.1, -0.05) is 66.7 Å². The molecular weight excluding hydrogens is 480 g/mol. The van der Waals surface area contributed by atoms with Crippen LogP contribution in [0.2, 0.25) is 0 Å². The Kier molecular flexibility index (Phi) is 4.94. The maximum absolute atomic E-state index is 14.3. The number of fused-ring (bicyclic) bond motifs is 8. The van der Waals surface area contributed by atoms with Crippen LogP contribution in [0.5, 0.6) is 0 Å². The van der Waals surface area contributed by atoms with Crippen LogP contribution in [0, 0.1) is 16.7 Å². The highest BCUT2D eigenvalue weighted by Crippen LogP contribution is 2.70. The smallest absolute Gasteiger partial charge is 0.329 e. The number of nitriles is 1. The molecule has 0 radical (unpaired) electrons. The second kappa shape index (κ2) is 8.14. The van der Waals surface area contributed by atoms with E-state index in [0.717, 1.165) is 39.2 Å². The van der Waals surface area contributed by atoms with Gasteiger partial charge < -0.3 is 4.74 Å². The third-order valence-electron chi connectivity index (χ3n) is 8.19. The van der Waals surface area contributed by atoms with Crippen molar-refractivity contribution in [3.63, 3.8) is 0 Å². The molecule has 1 spiro atoms. The molecule has 7 rings (SSSR count). The minimum atomic E-state index is -1.56. The van der Waals surface area contributed by atoms with E-state index in [-0.39, 0.29) is 12.6 Å². The number of esters is 1. The summed E-state index contributed by atoms with van der Waals surface area (Å²) >= 11 is 1.83. The predicted octanol–water partition coefficient (Wildman–Crippen LogP) is 5.10. The molecule has 3 aromatic carbocycles. The van der Waals surface area contributed by atoms with Crippen LogP contribution in [0.1, 0.15) is 29.7 Å². The molecule has 6 nitrogen and oxygen atoms in total. The first kappa shape index (κ1) is 22.5. The number of thioether (sulfide) groups is 1. The first-order valence-corrected chi connectivity index (χ1v) is 13.7. The molecule has 3 aliphatic rings. The van der Waals surface area contributed by atoms with Crippen LogP contribution in [0.15, 0.2) is 78.9 Å². The lowest BCUT2D eigenvalue weighted by atomic mass is 9.60. The van der Waals surface area contributed by atoms with Crippen LogP contribution in [0.3, 0.4) is 0 Å².